The molecule has 0 saturated heterocycles. The maximum Gasteiger partial charge on any atom is 0.522 e. The van der Waals surface area contributed by atoms with Crippen molar-refractivity contribution < 1.29 is 41.0 Å². The summed E-state index contributed by atoms with van der Waals surface area (Å²) < 4.78 is 69.5. The van der Waals surface area contributed by atoms with Crippen LogP contribution in [0.2, 0.25) is 5.02 Å². The Bertz CT molecular complexity index is 979. The predicted octanol–water partition coefficient (Wildman–Crippen LogP) is 4.09. The number of carbonyl (C=O) groups is 1. The Hall–Kier alpha value is -2.70. The number of rotatable bonds is 11. The van der Waals surface area contributed by atoms with Gasteiger partial charge >= 0.3 is 6.36 Å². The molecule has 1 aromatic heterocycles. The summed E-state index contributed by atoms with van der Waals surface area (Å²) in [6, 6.07) is 3.82. The molecule has 0 unspecified atom stereocenters. The van der Waals surface area contributed by atoms with Crippen LogP contribution in [0.15, 0.2) is 34.9 Å². The lowest BCUT2D eigenvalue weighted by Crippen LogP contribution is -2.40. The Labute approximate surface area is 190 Å². The highest BCUT2D eigenvalue weighted by Crippen LogP contribution is 2.32. The molecule has 33 heavy (non-hydrogen) atoms. The van der Waals surface area contributed by atoms with Gasteiger partial charge in [-0.2, -0.15) is 0 Å². The van der Waals surface area contributed by atoms with Crippen LogP contribution >= 0.6 is 11.6 Å². The molecule has 1 aliphatic carbocycles. The van der Waals surface area contributed by atoms with Crippen LogP contribution in [0.4, 0.5) is 17.6 Å². The number of nitrogens with one attached hydrogen (secondary N) is 1. The summed E-state index contributed by atoms with van der Waals surface area (Å²) in [5, 5.41) is 10.2. The van der Waals surface area contributed by atoms with Crippen molar-refractivity contribution in [3.63, 3.8) is 0 Å². The van der Waals surface area contributed by atoms with Gasteiger partial charge in [0, 0.05) is 31.0 Å². The predicted molar refractivity (Wildman–Crippen MR) is 106 cm³/mol. The van der Waals surface area contributed by atoms with Crippen molar-refractivity contribution in [1.82, 2.24) is 15.5 Å². The maximum atomic E-state index is 13.4. The molecule has 180 valence electrons. The number of hydrogen-bond donors (Lipinski definition) is 1. The van der Waals surface area contributed by atoms with Gasteiger partial charge in [-0.05, 0) is 18.6 Å². The van der Waals surface area contributed by atoms with Gasteiger partial charge in [-0.25, -0.2) is 4.39 Å². The minimum absolute atomic E-state index is 0.0310. The van der Waals surface area contributed by atoms with Gasteiger partial charge in [0.1, 0.15) is 18.2 Å². The van der Waals surface area contributed by atoms with Crippen LogP contribution in [-0.2, 0) is 27.3 Å². The molecule has 1 saturated carbocycles. The van der Waals surface area contributed by atoms with E-state index in [0.717, 1.165) is 6.07 Å². The van der Waals surface area contributed by atoms with E-state index < -0.39 is 24.2 Å². The number of halogens is 5. The van der Waals surface area contributed by atoms with E-state index in [2.05, 4.69) is 26.8 Å². The normalized spacial score (nSPS) is 18.0. The molecule has 2 aromatic rings. The van der Waals surface area contributed by atoms with E-state index in [-0.39, 0.29) is 54.7 Å². The molecular formula is C20H20ClF4N3O5. The molecule has 8 nitrogen and oxygen atoms in total. The number of aromatic nitrogens is 2. The summed E-state index contributed by atoms with van der Waals surface area (Å²) in [6.07, 6.45) is -5.04. The molecule has 1 aliphatic rings. The Morgan fingerprint density at radius 3 is 2.67 bits per heavy atom. The molecule has 1 amide bonds. The van der Waals surface area contributed by atoms with Gasteiger partial charge in [0.2, 0.25) is 11.8 Å². The average molecular weight is 494 g/mol. The summed E-state index contributed by atoms with van der Waals surface area (Å²) in [5.74, 6) is -0.519. The molecule has 1 fully saturated rings. The van der Waals surface area contributed by atoms with E-state index in [0.29, 0.717) is 18.5 Å². The lowest BCUT2D eigenvalue weighted by atomic mass is 9.92. The first-order chi connectivity index (χ1) is 15.6. The molecule has 1 heterocycles. The lowest BCUT2D eigenvalue weighted by molar-refractivity contribution is -0.357. The Kier molecular flexibility index (Phi) is 8.27. The third-order valence-electron chi connectivity index (χ3n) is 4.52. The number of nitrogens with zero attached hydrogens (tertiary/aromatic N) is 2. The number of ether oxygens (including phenoxy) is 3. The molecule has 1 N–H and O–H groups in total. The number of allylic oxidation sites excluding steroid dienone is 1. The van der Waals surface area contributed by atoms with Crippen molar-refractivity contribution in [2.24, 2.45) is 0 Å². The summed E-state index contributed by atoms with van der Waals surface area (Å²) in [7, 11) is 0. The fraction of sp³-hybridized carbons (Fsp3) is 0.450. The quantitative estimate of drug-likeness (QED) is 0.471. The highest BCUT2D eigenvalue weighted by molar-refractivity contribution is 6.30. The van der Waals surface area contributed by atoms with E-state index in [1.807, 2.05) is 0 Å². The first kappa shape index (κ1) is 24.9. The van der Waals surface area contributed by atoms with Crippen LogP contribution in [-0.4, -0.2) is 41.3 Å². The van der Waals surface area contributed by atoms with Crippen molar-refractivity contribution in [2.45, 2.75) is 50.9 Å². The summed E-state index contributed by atoms with van der Waals surface area (Å²) in [5.41, 5.74) is 0.382. The first-order valence-electron chi connectivity index (χ1n) is 9.80. The van der Waals surface area contributed by atoms with E-state index in [1.165, 1.54) is 12.1 Å². The van der Waals surface area contributed by atoms with Gasteiger partial charge in [0.05, 0.1) is 17.2 Å². The molecule has 1 aromatic carbocycles. The standard InChI is InChI=1S/C20H20ClF4N3O5/c1-11(26-17(29)9-30-12-3-4-15(21)16(22)8-12)2-5-18-27-28-19(32-18)10-31-13-6-14(7-13)33-20(23,24)25/h3-4,8,13-14H,1-2,5-7,9-10H2,(H,26,29). The Morgan fingerprint density at radius 2 is 1.97 bits per heavy atom. The van der Waals surface area contributed by atoms with E-state index in [9.17, 15) is 22.4 Å². The van der Waals surface area contributed by atoms with Gasteiger partial charge in [-0.1, -0.05) is 18.2 Å². The molecule has 3 rings (SSSR count). The molecule has 13 heteroatoms. The zero-order chi connectivity index (χ0) is 24.0. The zero-order valence-electron chi connectivity index (χ0n) is 17.2. The van der Waals surface area contributed by atoms with Crippen LogP contribution in [0, 0.1) is 5.82 Å². The molecule has 0 bridgehead atoms. The third kappa shape index (κ3) is 8.30. The number of carbonyl (C=O) groups excluding carboxylic acids is 1. The summed E-state index contributed by atoms with van der Waals surface area (Å²) in [6.45, 7) is 3.36. The summed E-state index contributed by atoms with van der Waals surface area (Å²) >= 11 is 5.58. The highest BCUT2D eigenvalue weighted by Gasteiger charge is 2.40. The van der Waals surface area contributed by atoms with Crippen LogP contribution < -0.4 is 10.1 Å². The summed E-state index contributed by atoms with van der Waals surface area (Å²) in [4.78, 5) is 11.9. The highest BCUT2D eigenvalue weighted by atomic mass is 35.5. The monoisotopic (exact) mass is 493 g/mol. The van der Waals surface area contributed by atoms with Crippen LogP contribution in [0.3, 0.4) is 0 Å². The average Bonchev–Trinajstić information content (AvgIpc) is 3.16. The number of aryl methyl sites for hydroxylation is 1. The second-order valence-electron chi connectivity index (χ2n) is 7.20. The van der Waals surface area contributed by atoms with Crippen LogP contribution in [0.5, 0.6) is 5.75 Å². The van der Waals surface area contributed by atoms with Gasteiger partial charge in [-0.3, -0.25) is 9.53 Å². The zero-order valence-corrected chi connectivity index (χ0v) is 17.9. The largest absolute Gasteiger partial charge is 0.522 e. The van der Waals surface area contributed by atoms with Gasteiger partial charge in [0.25, 0.3) is 5.91 Å². The van der Waals surface area contributed by atoms with Crippen molar-refractivity contribution >= 4 is 17.5 Å². The van der Waals surface area contributed by atoms with E-state index >= 15 is 0 Å². The van der Waals surface area contributed by atoms with Crippen molar-refractivity contribution in [3.05, 3.63) is 53.1 Å². The van der Waals surface area contributed by atoms with Gasteiger partial charge in [-0.15, -0.1) is 23.4 Å². The Balaban J connectivity index is 1.30. The third-order valence-corrected chi connectivity index (χ3v) is 4.83. The minimum atomic E-state index is -4.65. The van der Waals surface area contributed by atoms with Gasteiger partial charge < -0.3 is 19.2 Å². The second kappa shape index (κ2) is 10.9. The maximum absolute atomic E-state index is 13.4. The second-order valence-corrected chi connectivity index (χ2v) is 7.60. The van der Waals surface area contributed by atoms with Crippen LogP contribution in [0.25, 0.3) is 0 Å². The molecule has 0 radical (unpaired) electrons. The number of alkyl halides is 3. The van der Waals surface area contributed by atoms with Crippen molar-refractivity contribution in [3.8, 4) is 5.75 Å². The van der Waals surface area contributed by atoms with E-state index in [4.69, 9.17) is 25.5 Å². The number of amides is 1. The molecule has 0 spiro atoms. The van der Waals surface area contributed by atoms with Crippen molar-refractivity contribution in [1.29, 1.82) is 0 Å². The Morgan fingerprint density at radius 1 is 1.24 bits per heavy atom. The van der Waals surface area contributed by atoms with Crippen molar-refractivity contribution in [2.75, 3.05) is 6.61 Å². The van der Waals surface area contributed by atoms with E-state index in [1.54, 1.807) is 0 Å². The SMILES string of the molecule is C=C(CCc1nnc(COC2CC(OC(F)(F)F)C2)o1)NC(=O)COc1ccc(Cl)c(F)c1. The topological polar surface area (TPSA) is 95.7 Å². The minimum Gasteiger partial charge on any atom is -0.484 e. The first-order valence-corrected chi connectivity index (χ1v) is 10.2. The fourth-order valence-corrected chi connectivity index (χ4v) is 2.96. The molecular weight excluding hydrogens is 474 g/mol. The smallest absolute Gasteiger partial charge is 0.484 e. The molecule has 0 aliphatic heterocycles. The molecule has 0 atom stereocenters. The lowest BCUT2D eigenvalue weighted by Gasteiger charge is -2.34. The fourth-order valence-electron chi connectivity index (χ4n) is 2.84. The van der Waals surface area contributed by atoms with Gasteiger partial charge in [0.15, 0.2) is 6.61 Å². The van der Waals surface area contributed by atoms with Crippen LogP contribution in [0.1, 0.15) is 31.0 Å². The number of benzene rings is 1. The number of hydrogen-bond acceptors (Lipinski definition) is 7.